The van der Waals surface area contributed by atoms with E-state index in [1.807, 2.05) is 12.1 Å². The van der Waals surface area contributed by atoms with Crippen LogP contribution in [0.4, 0.5) is 10.5 Å². The largest absolute Gasteiger partial charge is 0.497 e. The van der Waals surface area contributed by atoms with Crippen molar-refractivity contribution in [2.24, 2.45) is 0 Å². The minimum atomic E-state index is -0.312. The summed E-state index contributed by atoms with van der Waals surface area (Å²) in [5.41, 5.74) is 0.813. The van der Waals surface area contributed by atoms with E-state index in [1.54, 1.807) is 37.0 Å². The van der Waals surface area contributed by atoms with Gasteiger partial charge in [0.1, 0.15) is 11.5 Å². The zero-order valence-electron chi connectivity index (χ0n) is 15.6. The van der Waals surface area contributed by atoms with E-state index >= 15 is 0 Å². The maximum atomic E-state index is 12.3. The van der Waals surface area contributed by atoms with Gasteiger partial charge in [0.25, 0.3) is 0 Å². The third-order valence-electron chi connectivity index (χ3n) is 4.22. The summed E-state index contributed by atoms with van der Waals surface area (Å²) in [6.07, 6.45) is 0.0575. The van der Waals surface area contributed by atoms with E-state index in [-0.39, 0.29) is 12.0 Å². The molecule has 1 aromatic carbocycles. The van der Waals surface area contributed by atoms with Crippen molar-refractivity contribution in [3.8, 4) is 11.5 Å². The Labute approximate surface area is 154 Å². The highest BCUT2D eigenvalue weighted by Gasteiger charge is 2.24. The fourth-order valence-corrected chi connectivity index (χ4v) is 2.76. The van der Waals surface area contributed by atoms with E-state index in [0.29, 0.717) is 57.3 Å². The lowest BCUT2D eigenvalue weighted by atomic mass is 10.2. The van der Waals surface area contributed by atoms with Crippen LogP contribution in [0.25, 0.3) is 0 Å². The first kappa shape index (κ1) is 19.7. The first-order valence-corrected chi connectivity index (χ1v) is 8.74. The van der Waals surface area contributed by atoms with Gasteiger partial charge in [0, 0.05) is 45.2 Å². The van der Waals surface area contributed by atoms with Crippen molar-refractivity contribution in [2.45, 2.75) is 13.3 Å². The van der Waals surface area contributed by atoms with Crippen molar-refractivity contribution in [2.75, 3.05) is 58.9 Å². The molecule has 0 spiro atoms. The number of anilines is 1. The molecular weight excluding hydrogens is 338 g/mol. The standard InChI is InChI=1S/C18H27N3O5/c1-4-26-18(23)21-11-9-20(10-12-21)17(22)7-8-19-15-6-5-14(24-2)13-16(15)25-3/h5-6,13,19H,4,7-12H2,1-3H3. The molecule has 1 aliphatic heterocycles. The van der Waals surface area contributed by atoms with Crippen molar-refractivity contribution < 1.29 is 23.8 Å². The quantitative estimate of drug-likeness (QED) is 0.794. The van der Waals surface area contributed by atoms with Gasteiger partial charge in [0.15, 0.2) is 0 Å². The van der Waals surface area contributed by atoms with E-state index in [9.17, 15) is 9.59 Å². The average molecular weight is 365 g/mol. The topological polar surface area (TPSA) is 80.3 Å². The zero-order chi connectivity index (χ0) is 18.9. The van der Waals surface area contributed by atoms with Gasteiger partial charge in [-0.1, -0.05) is 0 Å². The Morgan fingerprint density at radius 3 is 2.38 bits per heavy atom. The van der Waals surface area contributed by atoms with E-state index in [4.69, 9.17) is 14.2 Å². The second-order valence-electron chi connectivity index (χ2n) is 5.81. The number of rotatable bonds is 7. The van der Waals surface area contributed by atoms with Gasteiger partial charge in [-0.3, -0.25) is 4.79 Å². The molecule has 0 bridgehead atoms. The lowest BCUT2D eigenvalue weighted by Crippen LogP contribution is -2.50. The van der Waals surface area contributed by atoms with Gasteiger partial charge < -0.3 is 29.3 Å². The number of hydrogen-bond acceptors (Lipinski definition) is 6. The molecular formula is C18H27N3O5. The van der Waals surface area contributed by atoms with Gasteiger partial charge >= 0.3 is 6.09 Å². The minimum Gasteiger partial charge on any atom is -0.497 e. The highest BCUT2D eigenvalue weighted by Crippen LogP contribution is 2.28. The lowest BCUT2D eigenvalue weighted by molar-refractivity contribution is -0.132. The number of nitrogens with zero attached hydrogens (tertiary/aromatic N) is 2. The van der Waals surface area contributed by atoms with Crippen LogP contribution in [-0.2, 0) is 9.53 Å². The average Bonchev–Trinajstić information content (AvgIpc) is 2.68. The number of nitrogens with one attached hydrogen (secondary N) is 1. The van der Waals surface area contributed by atoms with Crippen LogP contribution in [0.3, 0.4) is 0 Å². The Balaban J connectivity index is 1.77. The fourth-order valence-electron chi connectivity index (χ4n) is 2.76. The molecule has 1 heterocycles. The number of carbonyl (C=O) groups is 2. The fraction of sp³-hybridized carbons (Fsp3) is 0.556. The number of hydrogen-bond donors (Lipinski definition) is 1. The van der Waals surface area contributed by atoms with Crippen molar-refractivity contribution in [3.05, 3.63) is 18.2 Å². The van der Waals surface area contributed by atoms with Crippen LogP contribution in [0.5, 0.6) is 11.5 Å². The molecule has 0 saturated carbocycles. The van der Waals surface area contributed by atoms with Crippen LogP contribution in [0.15, 0.2) is 18.2 Å². The van der Waals surface area contributed by atoms with Crippen LogP contribution in [-0.4, -0.2) is 75.4 Å². The molecule has 8 nitrogen and oxygen atoms in total. The molecule has 2 amide bonds. The van der Waals surface area contributed by atoms with E-state index in [1.165, 1.54) is 0 Å². The van der Waals surface area contributed by atoms with Crippen LogP contribution in [0, 0.1) is 0 Å². The number of methoxy groups -OCH3 is 2. The Hall–Kier alpha value is -2.64. The molecule has 0 aliphatic carbocycles. The van der Waals surface area contributed by atoms with E-state index < -0.39 is 0 Å². The van der Waals surface area contributed by atoms with Crippen molar-refractivity contribution in [1.82, 2.24) is 9.80 Å². The SMILES string of the molecule is CCOC(=O)N1CCN(C(=O)CCNc2ccc(OC)cc2OC)CC1. The summed E-state index contributed by atoms with van der Waals surface area (Å²) in [5, 5.41) is 3.22. The summed E-state index contributed by atoms with van der Waals surface area (Å²) in [4.78, 5) is 27.4. The summed E-state index contributed by atoms with van der Waals surface area (Å²) < 4.78 is 15.5. The third-order valence-corrected chi connectivity index (χ3v) is 4.22. The summed E-state index contributed by atoms with van der Waals surface area (Å²) >= 11 is 0. The molecule has 1 fully saturated rings. The number of ether oxygens (including phenoxy) is 3. The Morgan fingerprint density at radius 2 is 1.77 bits per heavy atom. The Morgan fingerprint density at radius 1 is 1.08 bits per heavy atom. The maximum absolute atomic E-state index is 12.3. The van der Waals surface area contributed by atoms with Crippen LogP contribution in [0.2, 0.25) is 0 Å². The van der Waals surface area contributed by atoms with E-state index in [2.05, 4.69) is 5.32 Å². The van der Waals surface area contributed by atoms with Gasteiger partial charge in [0.05, 0.1) is 26.5 Å². The predicted octanol–water partition coefficient (Wildman–Crippen LogP) is 1.81. The first-order chi connectivity index (χ1) is 12.6. The molecule has 1 aliphatic rings. The molecule has 1 saturated heterocycles. The van der Waals surface area contributed by atoms with Crippen LogP contribution in [0.1, 0.15) is 13.3 Å². The van der Waals surface area contributed by atoms with Crippen molar-refractivity contribution >= 4 is 17.7 Å². The summed E-state index contributed by atoms with van der Waals surface area (Å²) in [5.74, 6) is 1.44. The first-order valence-electron chi connectivity index (χ1n) is 8.74. The van der Waals surface area contributed by atoms with Gasteiger partial charge in [-0.25, -0.2) is 4.79 Å². The number of amides is 2. The molecule has 2 rings (SSSR count). The molecule has 0 aromatic heterocycles. The third kappa shape index (κ3) is 5.18. The summed E-state index contributed by atoms with van der Waals surface area (Å²) in [6.45, 7) is 4.71. The Kier molecular flexibility index (Phi) is 7.37. The minimum absolute atomic E-state index is 0.0634. The molecule has 1 N–H and O–H groups in total. The molecule has 1 aromatic rings. The molecule has 0 atom stereocenters. The monoisotopic (exact) mass is 365 g/mol. The highest BCUT2D eigenvalue weighted by molar-refractivity contribution is 5.77. The van der Waals surface area contributed by atoms with Crippen molar-refractivity contribution in [3.63, 3.8) is 0 Å². The second kappa shape index (κ2) is 9.74. The van der Waals surface area contributed by atoms with E-state index in [0.717, 1.165) is 5.69 Å². The van der Waals surface area contributed by atoms with Gasteiger partial charge in [0.2, 0.25) is 5.91 Å². The summed E-state index contributed by atoms with van der Waals surface area (Å²) in [6, 6.07) is 5.49. The highest BCUT2D eigenvalue weighted by atomic mass is 16.6. The molecule has 144 valence electrons. The second-order valence-corrected chi connectivity index (χ2v) is 5.81. The zero-order valence-corrected chi connectivity index (χ0v) is 15.6. The number of piperazine rings is 1. The molecule has 8 heteroatoms. The molecule has 0 radical (unpaired) electrons. The van der Waals surface area contributed by atoms with Gasteiger partial charge in [-0.15, -0.1) is 0 Å². The summed E-state index contributed by atoms with van der Waals surface area (Å²) in [7, 11) is 3.19. The van der Waals surface area contributed by atoms with Gasteiger partial charge in [-0.05, 0) is 19.1 Å². The smallest absolute Gasteiger partial charge is 0.409 e. The van der Waals surface area contributed by atoms with Crippen LogP contribution >= 0.6 is 0 Å². The lowest BCUT2D eigenvalue weighted by Gasteiger charge is -2.34. The van der Waals surface area contributed by atoms with Crippen molar-refractivity contribution in [1.29, 1.82) is 0 Å². The van der Waals surface area contributed by atoms with Gasteiger partial charge in [-0.2, -0.15) is 0 Å². The Bertz CT molecular complexity index is 615. The van der Waals surface area contributed by atoms with Crippen LogP contribution < -0.4 is 14.8 Å². The maximum Gasteiger partial charge on any atom is 0.409 e. The number of benzene rings is 1. The normalized spacial score (nSPS) is 14.0. The molecule has 26 heavy (non-hydrogen) atoms. The molecule has 0 unspecified atom stereocenters. The number of carbonyl (C=O) groups excluding carboxylic acids is 2. The predicted molar refractivity (Wildman–Crippen MR) is 97.8 cm³/mol.